The molecule has 0 radical (unpaired) electrons. The number of anilines is 1. The Bertz CT molecular complexity index is 784. The molecule has 0 saturated carbocycles. The van der Waals surface area contributed by atoms with Crippen LogP contribution in [0.4, 0.5) is 5.13 Å². The summed E-state index contributed by atoms with van der Waals surface area (Å²) in [5, 5.41) is 9.05. The van der Waals surface area contributed by atoms with Crippen molar-refractivity contribution in [3.8, 4) is 16.3 Å². The van der Waals surface area contributed by atoms with Crippen LogP contribution < -0.4 is 10.2 Å². The van der Waals surface area contributed by atoms with Crippen molar-refractivity contribution in [2.45, 2.75) is 0 Å². The first-order valence-electron chi connectivity index (χ1n) is 6.38. The lowest BCUT2D eigenvalue weighted by Crippen LogP contribution is -1.94. The van der Waals surface area contributed by atoms with Crippen molar-refractivity contribution in [2.75, 3.05) is 12.5 Å². The fourth-order valence-corrected chi connectivity index (χ4v) is 3.62. The molecule has 3 rings (SSSR count). The summed E-state index contributed by atoms with van der Waals surface area (Å²) in [5.74, 6) is 0.771. The van der Waals surface area contributed by atoms with Crippen molar-refractivity contribution in [3.63, 3.8) is 0 Å². The molecule has 0 fully saturated rings. The SMILES string of the molecule is COc1ccc(Br)cc1/C=N\Nc1nc(-c2cccs2)cs1. The number of benzene rings is 1. The highest BCUT2D eigenvalue weighted by molar-refractivity contribution is 9.10. The van der Waals surface area contributed by atoms with Crippen LogP contribution in [0.1, 0.15) is 5.56 Å². The van der Waals surface area contributed by atoms with Crippen LogP contribution in [0.15, 0.2) is 50.7 Å². The molecular weight excluding hydrogens is 382 g/mol. The molecule has 4 nitrogen and oxygen atoms in total. The molecule has 0 atom stereocenters. The quantitative estimate of drug-likeness (QED) is 0.485. The average molecular weight is 394 g/mol. The standard InChI is InChI=1S/C15H12BrN3OS2/c1-20-13-5-4-11(16)7-10(13)8-17-19-15-18-12(9-22-15)14-3-2-6-21-14/h2-9H,1H3,(H,18,19)/b17-8-. The Kier molecular flexibility index (Phi) is 4.87. The highest BCUT2D eigenvalue weighted by Crippen LogP contribution is 2.28. The third-order valence-electron chi connectivity index (χ3n) is 2.83. The maximum atomic E-state index is 5.30. The Balaban J connectivity index is 1.71. The van der Waals surface area contributed by atoms with Crippen LogP contribution in [0.5, 0.6) is 5.75 Å². The topological polar surface area (TPSA) is 46.5 Å². The number of hydrazone groups is 1. The zero-order valence-corrected chi connectivity index (χ0v) is 14.8. The summed E-state index contributed by atoms with van der Waals surface area (Å²) in [4.78, 5) is 5.66. The summed E-state index contributed by atoms with van der Waals surface area (Å²) in [7, 11) is 1.64. The molecule has 2 heterocycles. The molecule has 0 saturated heterocycles. The second-order valence-electron chi connectivity index (χ2n) is 4.27. The van der Waals surface area contributed by atoms with Crippen LogP contribution in [-0.2, 0) is 0 Å². The number of halogens is 1. The second kappa shape index (κ2) is 7.04. The molecule has 112 valence electrons. The predicted molar refractivity (Wildman–Crippen MR) is 97.3 cm³/mol. The first-order valence-corrected chi connectivity index (χ1v) is 8.93. The van der Waals surface area contributed by atoms with Gasteiger partial charge in [-0.1, -0.05) is 22.0 Å². The maximum Gasteiger partial charge on any atom is 0.203 e. The van der Waals surface area contributed by atoms with E-state index in [1.165, 1.54) is 11.3 Å². The maximum absolute atomic E-state index is 5.30. The largest absolute Gasteiger partial charge is 0.496 e. The Morgan fingerprint density at radius 1 is 1.32 bits per heavy atom. The summed E-state index contributed by atoms with van der Waals surface area (Å²) in [6.07, 6.45) is 1.72. The van der Waals surface area contributed by atoms with Gasteiger partial charge in [0.15, 0.2) is 0 Å². The summed E-state index contributed by atoms with van der Waals surface area (Å²) in [5.41, 5.74) is 4.82. The van der Waals surface area contributed by atoms with Crippen LogP contribution in [0.2, 0.25) is 0 Å². The molecule has 2 aromatic heterocycles. The van der Waals surface area contributed by atoms with Crippen molar-refractivity contribution < 1.29 is 4.74 Å². The smallest absolute Gasteiger partial charge is 0.203 e. The molecule has 0 aliphatic carbocycles. The Hall–Kier alpha value is -1.70. The lowest BCUT2D eigenvalue weighted by atomic mass is 10.2. The van der Waals surface area contributed by atoms with Crippen molar-refractivity contribution in [2.24, 2.45) is 5.10 Å². The van der Waals surface area contributed by atoms with Crippen molar-refractivity contribution in [1.82, 2.24) is 4.98 Å². The van der Waals surface area contributed by atoms with Crippen LogP contribution >= 0.6 is 38.6 Å². The van der Waals surface area contributed by atoms with Gasteiger partial charge in [0, 0.05) is 15.4 Å². The van der Waals surface area contributed by atoms with Gasteiger partial charge in [-0.25, -0.2) is 4.98 Å². The summed E-state index contributed by atoms with van der Waals surface area (Å²) >= 11 is 6.64. The Labute approximate surface area is 144 Å². The Morgan fingerprint density at radius 2 is 2.23 bits per heavy atom. The van der Waals surface area contributed by atoms with Gasteiger partial charge in [0.05, 0.1) is 23.9 Å². The summed E-state index contributed by atoms with van der Waals surface area (Å²) in [6.45, 7) is 0. The zero-order valence-electron chi connectivity index (χ0n) is 11.6. The number of thiazole rings is 1. The summed E-state index contributed by atoms with van der Waals surface area (Å²) in [6, 6.07) is 9.84. The molecule has 0 aliphatic heterocycles. The molecule has 0 spiro atoms. The molecule has 3 aromatic rings. The van der Waals surface area contributed by atoms with E-state index in [4.69, 9.17) is 4.74 Å². The number of aromatic nitrogens is 1. The van der Waals surface area contributed by atoms with Gasteiger partial charge in [0.25, 0.3) is 0 Å². The number of hydrogen-bond donors (Lipinski definition) is 1. The number of ether oxygens (including phenoxy) is 1. The molecule has 0 amide bonds. The number of nitrogens with zero attached hydrogens (tertiary/aromatic N) is 2. The van der Waals surface area contributed by atoms with Gasteiger partial charge < -0.3 is 4.74 Å². The molecule has 0 unspecified atom stereocenters. The van der Waals surface area contributed by atoms with Gasteiger partial charge >= 0.3 is 0 Å². The van der Waals surface area contributed by atoms with Gasteiger partial charge in [-0.3, -0.25) is 5.43 Å². The molecule has 22 heavy (non-hydrogen) atoms. The van der Waals surface area contributed by atoms with Crippen LogP contribution in [0.3, 0.4) is 0 Å². The molecular formula is C15H12BrN3OS2. The van der Waals surface area contributed by atoms with E-state index < -0.39 is 0 Å². The number of nitrogens with one attached hydrogen (secondary N) is 1. The minimum atomic E-state index is 0.758. The van der Waals surface area contributed by atoms with Gasteiger partial charge in [-0.15, -0.1) is 22.7 Å². The first-order chi connectivity index (χ1) is 10.8. The Morgan fingerprint density at radius 3 is 3.00 bits per heavy atom. The third kappa shape index (κ3) is 3.55. The first kappa shape index (κ1) is 15.2. The lowest BCUT2D eigenvalue weighted by Gasteiger charge is -2.04. The fourth-order valence-electron chi connectivity index (χ4n) is 1.83. The highest BCUT2D eigenvalue weighted by Gasteiger charge is 2.05. The molecule has 0 bridgehead atoms. The number of rotatable bonds is 5. The number of hydrogen-bond acceptors (Lipinski definition) is 6. The van der Waals surface area contributed by atoms with E-state index in [0.717, 1.165) is 31.5 Å². The minimum absolute atomic E-state index is 0.758. The zero-order chi connectivity index (χ0) is 15.4. The van der Waals surface area contributed by atoms with Gasteiger partial charge in [0.2, 0.25) is 5.13 Å². The molecule has 7 heteroatoms. The summed E-state index contributed by atoms with van der Waals surface area (Å²) < 4.78 is 6.28. The van der Waals surface area contributed by atoms with E-state index in [2.05, 4.69) is 37.5 Å². The average Bonchev–Trinajstić information content (AvgIpc) is 3.18. The van der Waals surface area contributed by atoms with Gasteiger partial charge in [0.1, 0.15) is 5.75 Å². The van der Waals surface area contributed by atoms with Crippen LogP contribution in [-0.4, -0.2) is 18.3 Å². The van der Waals surface area contributed by atoms with Crippen LogP contribution in [0, 0.1) is 0 Å². The van der Waals surface area contributed by atoms with Crippen LogP contribution in [0.25, 0.3) is 10.6 Å². The van der Waals surface area contributed by atoms with Gasteiger partial charge in [-0.2, -0.15) is 5.10 Å². The van der Waals surface area contributed by atoms with E-state index in [0.29, 0.717) is 0 Å². The fraction of sp³-hybridized carbons (Fsp3) is 0.0667. The predicted octanol–water partition coefficient (Wildman–Crippen LogP) is 5.09. The van der Waals surface area contributed by atoms with E-state index in [9.17, 15) is 0 Å². The number of methoxy groups -OCH3 is 1. The van der Waals surface area contributed by atoms with E-state index in [-0.39, 0.29) is 0 Å². The van der Waals surface area contributed by atoms with Gasteiger partial charge in [-0.05, 0) is 29.6 Å². The monoisotopic (exact) mass is 393 g/mol. The van der Waals surface area contributed by atoms with E-state index in [1.807, 2.05) is 35.0 Å². The second-order valence-corrected chi connectivity index (χ2v) is 6.99. The molecule has 0 aliphatic rings. The third-order valence-corrected chi connectivity index (χ3v) is 4.97. The molecule has 1 N–H and O–H groups in total. The normalized spacial score (nSPS) is 11.0. The highest BCUT2D eigenvalue weighted by atomic mass is 79.9. The number of thiophene rings is 1. The van der Waals surface area contributed by atoms with Crippen molar-refractivity contribution in [1.29, 1.82) is 0 Å². The van der Waals surface area contributed by atoms with Crippen molar-refractivity contribution >= 4 is 49.9 Å². The van der Waals surface area contributed by atoms with E-state index >= 15 is 0 Å². The lowest BCUT2D eigenvalue weighted by molar-refractivity contribution is 0.414. The minimum Gasteiger partial charge on any atom is -0.496 e. The molecule has 1 aromatic carbocycles. The van der Waals surface area contributed by atoms with Crippen molar-refractivity contribution in [3.05, 3.63) is 51.1 Å². The van der Waals surface area contributed by atoms with E-state index in [1.54, 1.807) is 24.7 Å².